The van der Waals surface area contributed by atoms with Crippen molar-refractivity contribution < 1.29 is 9.90 Å². The number of aromatic nitrogens is 1. The number of rotatable bonds is 7. The Kier molecular flexibility index (Phi) is 6.47. The predicted molar refractivity (Wildman–Crippen MR) is 124 cm³/mol. The second-order valence-electron chi connectivity index (χ2n) is 7.00. The van der Waals surface area contributed by atoms with Gasteiger partial charge in [-0.25, -0.2) is 4.98 Å². The molecular formula is C24H22N2O2S2. The highest BCUT2D eigenvalue weighted by molar-refractivity contribution is 7.98. The van der Waals surface area contributed by atoms with E-state index in [2.05, 4.69) is 15.7 Å². The summed E-state index contributed by atoms with van der Waals surface area (Å²) in [5, 5.41) is 18.6. The number of benzene rings is 3. The molecule has 1 atom stereocenters. The minimum atomic E-state index is -0.755. The molecule has 0 aliphatic carbocycles. The van der Waals surface area contributed by atoms with Crippen LogP contribution in [0.3, 0.4) is 0 Å². The largest absolute Gasteiger partial charge is 0.387 e. The van der Waals surface area contributed by atoms with Crippen LogP contribution < -0.4 is 5.32 Å². The van der Waals surface area contributed by atoms with E-state index < -0.39 is 6.10 Å². The van der Waals surface area contributed by atoms with Gasteiger partial charge >= 0.3 is 0 Å². The molecule has 1 unspecified atom stereocenters. The summed E-state index contributed by atoms with van der Waals surface area (Å²) in [6, 6.07) is 21.4. The Labute approximate surface area is 184 Å². The number of carbonyl (C=O) groups excluding carboxylic acids is 1. The second-order valence-corrected chi connectivity index (χ2v) is 9.11. The van der Waals surface area contributed by atoms with Gasteiger partial charge in [0.25, 0.3) is 5.91 Å². The van der Waals surface area contributed by atoms with Crippen LogP contribution in [-0.4, -0.2) is 22.5 Å². The Bertz CT molecular complexity index is 1160. The first-order chi connectivity index (χ1) is 14.6. The summed E-state index contributed by atoms with van der Waals surface area (Å²) in [4.78, 5) is 18.0. The molecule has 4 aromatic rings. The number of fused-ring (bicyclic) bond motifs is 1. The van der Waals surface area contributed by atoms with Crippen molar-refractivity contribution >= 4 is 39.8 Å². The Hall–Kier alpha value is -2.67. The number of carbonyl (C=O) groups is 1. The number of nitrogens with zero attached hydrogens (tertiary/aromatic N) is 1. The van der Waals surface area contributed by atoms with Crippen LogP contribution in [-0.2, 0) is 5.75 Å². The fourth-order valence-corrected chi connectivity index (χ4v) is 4.67. The molecule has 152 valence electrons. The maximum absolute atomic E-state index is 12.4. The van der Waals surface area contributed by atoms with Gasteiger partial charge in [-0.05, 0) is 53.6 Å². The highest BCUT2D eigenvalue weighted by Gasteiger charge is 2.12. The number of hydrogen-bond acceptors (Lipinski definition) is 5. The third-order valence-corrected chi connectivity index (χ3v) is 6.65. The maximum atomic E-state index is 12.4. The zero-order valence-electron chi connectivity index (χ0n) is 16.5. The Morgan fingerprint density at radius 1 is 1.10 bits per heavy atom. The number of aliphatic hydroxyl groups is 1. The monoisotopic (exact) mass is 434 g/mol. The quantitative estimate of drug-likeness (QED) is 0.384. The van der Waals surface area contributed by atoms with E-state index in [0.717, 1.165) is 37.7 Å². The summed E-state index contributed by atoms with van der Waals surface area (Å²) in [5.74, 6) is 0.620. The van der Waals surface area contributed by atoms with Crippen molar-refractivity contribution in [1.82, 2.24) is 10.3 Å². The fourth-order valence-electron chi connectivity index (χ4n) is 3.16. The van der Waals surface area contributed by atoms with E-state index in [9.17, 15) is 9.90 Å². The molecule has 0 aliphatic rings. The minimum Gasteiger partial charge on any atom is -0.387 e. The molecule has 3 aromatic carbocycles. The number of hydrogen-bond donors (Lipinski definition) is 2. The van der Waals surface area contributed by atoms with Gasteiger partial charge in [0.2, 0.25) is 0 Å². The van der Waals surface area contributed by atoms with Gasteiger partial charge < -0.3 is 10.4 Å². The van der Waals surface area contributed by atoms with Crippen LogP contribution in [0.4, 0.5) is 0 Å². The van der Waals surface area contributed by atoms with Gasteiger partial charge in [0.05, 0.1) is 16.8 Å². The van der Waals surface area contributed by atoms with E-state index in [1.165, 1.54) is 0 Å². The number of nitrogens with one attached hydrogen (secondary N) is 1. The third kappa shape index (κ3) is 5.08. The molecule has 0 aliphatic heterocycles. The molecule has 1 heterocycles. The number of amides is 1. The van der Waals surface area contributed by atoms with Crippen LogP contribution >= 0.6 is 23.1 Å². The number of aryl methyl sites for hydroxylation is 1. The van der Waals surface area contributed by atoms with Crippen LogP contribution in [0.15, 0.2) is 77.0 Å². The van der Waals surface area contributed by atoms with Gasteiger partial charge in [0, 0.05) is 28.1 Å². The average Bonchev–Trinajstić information content (AvgIpc) is 3.21. The van der Waals surface area contributed by atoms with Crippen molar-refractivity contribution in [2.24, 2.45) is 0 Å². The highest BCUT2D eigenvalue weighted by Crippen LogP contribution is 2.24. The SMILES string of the molecule is Cc1nc(CSc2ccc(C(=O)NCC(O)c3ccc4ccccc4c3)cc2)cs1. The van der Waals surface area contributed by atoms with Crippen molar-refractivity contribution in [3.05, 3.63) is 93.9 Å². The summed E-state index contributed by atoms with van der Waals surface area (Å²) < 4.78 is 0. The second kappa shape index (κ2) is 9.43. The first-order valence-electron chi connectivity index (χ1n) is 9.67. The Morgan fingerprint density at radius 2 is 1.87 bits per heavy atom. The minimum absolute atomic E-state index is 0.164. The lowest BCUT2D eigenvalue weighted by atomic mass is 10.0. The molecule has 0 spiro atoms. The standard InChI is InChI=1S/C24H22N2O2S2/c1-16-26-21(14-29-16)15-30-22-10-8-18(9-11-22)24(28)25-13-23(27)20-7-6-17-4-2-3-5-19(17)12-20/h2-12,14,23,27H,13,15H2,1H3,(H,25,28). The topological polar surface area (TPSA) is 62.2 Å². The molecular weight excluding hydrogens is 412 g/mol. The number of thioether (sulfide) groups is 1. The summed E-state index contributed by atoms with van der Waals surface area (Å²) in [7, 11) is 0. The van der Waals surface area contributed by atoms with E-state index in [1.807, 2.05) is 73.7 Å². The first kappa shape index (κ1) is 20.6. The zero-order valence-corrected chi connectivity index (χ0v) is 18.2. The molecule has 0 saturated carbocycles. The van der Waals surface area contributed by atoms with Crippen LogP contribution in [0.1, 0.15) is 32.7 Å². The lowest BCUT2D eigenvalue weighted by molar-refractivity contribution is 0.0916. The van der Waals surface area contributed by atoms with Crippen LogP contribution in [0, 0.1) is 6.92 Å². The van der Waals surface area contributed by atoms with E-state index >= 15 is 0 Å². The van der Waals surface area contributed by atoms with Crippen molar-refractivity contribution in [3.63, 3.8) is 0 Å². The highest BCUT2D eigenvalue weighted by atomic mass is 32.2. The molecule has 4 nitrogen and oxygen atoms in total. The molecule has 2 N–H and O–H groups in total. The van der Waals surface area contributed by atoms with Crippen molar-refractivity contribution in [2.45, 2.75) is 23.7 Å². The van der Waals surface area contributed by atoms with E-state index in [1.54, 1.807) is 23.1 Å². The van der Waals surface area contributed by atoms with Crippen LogP contribution in [0.2, 0.25) is 0 Å². The van der Waals surface area contributed by atoms with Gasteiger partial charge in [0.1, 0.15) is 0 Å². The number of aliphatic hydroxyl groups excluding tert-OH is 1. The lowest BCUT2D eigenvalue weighted by Gasteiger charge is -2.13. The van der Waals surface area contributed by atoms with E-state index in [-0.39, 0.29) is 12.5 Å². The maximum Gasteiger partial charge on any atom is 0.251 e. The van der Waals surface area contributed by atoms with Crippen molar-refractivity contribution in [3.8, 4) is 0 Å². The van der Waals surface area contributed by atoms with Gasteiger partial charge in [0.15, 0.2) is 0 Å². The molecule has 0 radical (unpaired) electrons. The number of thiazole rings is 1. The van der Waals surface area contributed by atoms with Crippen molar-refractivity contribution in [1.29, 1.82) is 0 Å². The smallest absolute Gasteiger partial charge is 0.251 e. The molecule has 0 bridgehead atoms. The van der Waals surface area contributed by atoms with Gasteiger partial charge in [-0.15, -0.1) is 23.1 Å². The molecule has 0 fully saturated rings. The fraction of sp³-hybridized carbons (Fsp3) is 0.167. The molecule has 30 heavy (non-hydrogen) atoms. The Balaban J connectivity index is 1.31. The normalized spacial score (nSPS) is 12.1. The lowest BCUT2D eigenvalue weighted by Crippen LogP contribution is -2.28. The molecule has 6 heteroatoms. The summed E-state index contributed by atoms with van der Waals surface area (Å²) in [6.07, 6.45) is -0.755. The van der Waals surface area contributed by atoms with Crippen LogP contribution in [0.5, 0.6) is 0 Å². The summed E-state index contributed by atoms with van der Waals surface area (Å²) in [5.41, 5.74) is 2.44. The van der Waals surface area contributed by atoms with Gasteiger partial charge in [-0.1, -0.05) is 36.4 Å². The zero-order chi connectivity index (χ0) is 20.9. The molecule has 4 rings (SSSR count). The predicted octanol–water partition coefficient (Wildman–Crippen LogP) is 5.36. The molecule has 1 aromatic heterocycles. The molecule has 0 saturated heterocycles. The summed E-state index contributed by atoms with van der Waals surface area (Å²) in [6.45, 7) is 2.17. The Morgan fingerprint density at radius 3 is 2.60 bits per heavy atom. The first-order valence-corrected chi connectivity index (χ1v) is 11.5. The summed E-state index contributed by atoms with van der Waals surface area (Å²) >= 11 is 3.35. The van der Waals surface area contributed by atoms with E-state index in [0.29, 0.717) is 5.56 Å². The molecule has 1 amide bonds. The van der Waals surface area contributed by atoms with Crippen LogP contribution in [0.25, 0.3) is 10.8 Å². The van der Waals surface area contributed by atoms with Gasteiger partial charge in [-0.2, -0.15) is 0 Å². The average molecular weight is 435 g/mol. The van der Waals surface area contributed by atoms with E-state index in [4.69, 9.17) is 0 Å². The third-order valence-electron chi connectivity index (χ3n) is 4.78. The van der Waals surface area contributed by atoms with Gasteiger partial charge in [-0.3, -0.25) is 4.79 Å². The van der Waals surface area contributed by atoms with Crippen molar-refractivity contribution in [2.75, 3.05) is 6.54 Å².